The number of halogens is 1. The standard InChI is InChI=1S/C16H21BrN4O/c1-18-16(19-7-11-21-9-2-3-10-21)20-8-12-22-15-6-4-5-14(17)13-15/h2-6,9-10,13H,7-8,11-12H2,1H3,(H2,18,19,20). The van der Waals surface area contributed by atoms with Gasteiger partial charge < -0.3 is 19.9 Å². The number of nitrogens with zero attached hydrogens (tertiary/aromatic N) is 2. The average molecular weight is 365 g/mol. The van der Waals surface area contributed by atoms with Crippen LogP contribution in [0.3, 0.4) is 0 Å². The molecule has 0 fully saturated rings. The molecule has 0 aliphatic heterocycles. The highest BCUT2D eigenvalue weighted by atomic mass is 79.9. The predicted molar refractivity (Wildman–Crippen MR) is 93.4 cm³/mol. The molecular formula is C16H21BrN4O. The molecule has 0 aliphatic rings. The summed E-state index contributed by atoms with van der Waals surface area (Å²) in [5.74, 6) is 1.64. The number of guanidine groups is 1. The molecule has 6 heteroatoms. The molecule has 2 N–H and O–H groups in total. The minimum atomic E-state index is 0.578. The monoisotopic (exact) mass is 364 g/mol. The second-order valence-corrected chi connectivity index (χ2v) is 5.57. The summed E-state index contributed by atoms with van der Waals surface area (Å²) in [5, 5.41) is 6.50. The van der Waals surface area contributed by atoms with E-state index in [0.29, 0.717) is 13.2 Å². The summed E-state index contributed by atoms with van der Waals surface area (Å²) in [5.41, 5.74) is 0. The Bertz CT molecular complexity index is 584. The average Bonchev–Trinajstić information content (AvgIpc) is 3.03. The van der Waals surface area contributed by atoms with Crippen LogP contribution in [0.4, 0.5) is 0 Å². The highest BCUT2D eigenvalue weighted by Gasteiger charge is 1.98. The third-order valence-corrected chi connectivity index (χ3v) is 3.50. The minimum absolute atomic E-state index is 0.578. The van der Waals surface area contributed by atoms with Gasteiger partial charge in [-0.05, 0) is 30.3 Å². The lowest BCUT2D eigenvalue weighted by atomic mass is 10.3. The van der Waals surface area contributed by atoms with Gasteiger partial charge in [0.1, 0.15) is 12.4 Å². The smallest absolute Gasteiger partial charge is 0.191 e. The van der Waals surface area contributed by atoms with E-state index >= 15 is 0 Å². The van der Waals surface area contributed by atoms with Crippen LogP contribution in [0.5, 0.6) is 5.75 Å². The van der Waals surface area contributed by atoms with Crippen LogP contribution in [0.25, 0.3) is 0 Å². The Morgan fingerprint density at radius 3 is 2.68 bits per heavy atom. The molecule has 0 aliphatic carbocycles. The van der Waals surface area contributed by atoms with E-state index in [2.05, 4.69) is 36.1 Å². The molecule has 0 saturated carbocycles. The molecule has 0 spiro atoms. The summed E-state index contributed by atoms with van der Waals surface area (Å²) >= 11 is 3.42. The molecule has 118 valence electrons. The molecule has 1 aromatic heterocycles. The predicted octanol–water partition coefficient (Wildman–Crippen LogP) is 2.49. The summed E-state index contributed by atoms with van der Waals surface area (Å²) in [6, 6.07) is 11.9. The maximum Gasteiger partial charge on any atom is 0.191 e. The molecule has 0 unspecified atom stereocenters. The van der Waals surface area contributed by atoms with Gasteiger partial charge in [-0.1, -0.05) is 22.0 Å². The third kappa shape index (κ3) is 5.81. The molecule has 0 bridgehead atoms. The second-order valence-electron chi connectivity index (χ2n) is 4.65. The molecule has 2 rings (SSSR count). The molecule has 22 heavy (non-hydrogen) atoms. The Kier molecular flexibility index (Phi) is 6.83. The zero-order valence-corrected chi connectivity index (χ0v) is 14.2. The SMILES string of the molecule is CN=C(NCCOc1cccc(Br)c1)NCCn1cccc1. The molecule has 0 radical (unpaired) electrons. The van der Waals surface area contributed by atoms with Crippen LogP contribution in [0, 0.1) is 0 Å². The van der Waals surface area contributed by atoms with Crippen molar-refractivity contribution in [3.05, 3.63) is 53.3 Å². The van der Waals surface area contributed by atoms with Gasteiger partial charge in [-0.15, -0.1) is 0 Å². The van der Waals surface area contributed by atoms with E-state index in [1.165, 1.54) is 0 Å². The normalized spacial score (nSPS) is 11.3. The maximum absolute atomic E-state index is 5.67. The van der Waals surface area contributed by atoms with Crippen molar-refractivity contribution in [3.63, 3.8) is 0 Å². The first-order valence-corrected chi connectivity index (χ1v) is 8.01. The van der Waals surface area contributed by atoms with Crippen LogP contribution in [0.1, 0.15) is 0 Å². The van der Waals surface area contributed by atoms with Gasteiger partial charge in [-0.2, -0.15) is 0 Å². The van der Waals surface area contributed by atoms with Crippen molar-refractivity contribution in [2.45, 2.75) is 6.54 Å². The van der Waals surface area contributed by atoms with Crippen LogP contribution in [0.15, 0.2) is 58.3 Å². The van der Waals surface area contributed by atoms with E-state index in [1.54, 1.807) is 7.05 Å². The van der Waals surface area contributed by atoms with E-state index in [1.807, 2.05) is 48.8 Å². The fourth-order valence-corrected chi connectivity index (χ4v) is 2.32. The highest BCUT2D eigenvalue weighted by Crippen LogP contribution is 2.17. The molecular weight excluding hydrogens is 344 g/mol. The van der Waals surface area contributed by atoms with E-state index in [0.717, 1.165) is 29.3 Å². The first-order valence-electron chi connectivity index (χ1n) is 7.21. The lowest BCUT2D eigenvalue weighted by molar-refractivity contribution is 0.321. The van der Waals surface area contributed by atoms with Gasteiger partial charge in [0, 0.05) is 37.0 Å². The van der Waals surface area contributed by atoms with Crippen molar-refractivity contribution in [2.75, 3.05) is 26.7 Å². The van der Waals surface area contributed by atoms with Crippen LogP contribution in [-0.2, 0) is 6.54 Å². The quantitative estimate of drug-likeness (QED) is 0.450. The Labute approximate surface area is 139 Å². The Balaban J connectivity index is 1.62. The fourth-order valence-electron chi connectivity index (χ4n) is 1.94. The summed E-state index contributed by atoms with van der Waals surface area (Å²) in [6.07, 6.45) is 4.09. The molecule has 1 aromatic carbocycles. The van der Waals surface area contributed by atoms with Gasteiger partial charge in [0.05, 0.1) is 6.54 Å². The van der Waals surface area contributed by atoms with Crippen LogP contribution >= 0.6 is 15.9 Å². The van der Waals surface area contributed by atoms with Crippen LogP contribution < -0.4 is 15.4 Å². The number of rotatable bonds is 7. The lowest BCUT2D eigenvalue weighted by Gasteiger charge is -2.13. The minimum Gasteiger partial charge on any atom is -0.492 e. The Morgan fingerprint density at radius 2 is 1.95 bits per heavy atom. The number of hydrogen-bond acceptors (Lipinski definition) is 2. The van der Waals surface area contributed by atoms with Crippen molar-refractivity contribution in [1.82, 2.24) is 15.2 Å². The fraction of sp³-hybridized carbons (Fsp3) is 0.312. The molecule has 0 atom stereocenters. The molecule has 0 saturated heterocycles. The van der Waals surface area contributed by atoms with Crippen molar-refractivity contribution >= 4 is 21.9 Å². The number of hydrogen-bond donors (Lipinski definition) is 2. The van der Waals surface area contributed by atoms with E-state index in [9.17, 15) is 0 Å². The van der Waals surface area contributed by atoms with Gasteiger partial charge in [0.2, 0.25) is 0 Å². The molecule has 2 aromatic rings. The first-order chi connectivity index (χ1) is 10.8. The molecule has 1 heterocycles. The zero-order valence-electron chi connectivity index (χ0n) is 12.6. The van der Waals surface area contributed by atoms with Gasteiger partial charge in [0.25, 0.3) is 0 Å². The van der Waals surface area contributed by atoms with E-state index < -0.39 is 0 Å². The van der Waals surface area contributed by atoms with Crippen LogP contribution in [-0.4, -0.2) is 37.3 Å². The number of benzene rings is 1. The number of aromatic nitrogens is 1. The lowest BCUT2D eigenvalue weighted by Crippen LogP contribution is -2.40. The van der Waals surface area contributed by atoms with E-state index in [-0.39, 0.29) is 0 Å². The van der Waals surface area contributed by atoms with Gasteiger partial charge >= 0.3 is 0 Å². The van der Waals surface area contributed by atoms with Gasteiger partial charge in [0.15, 0.2) is 5.96 Å². The largest absolute Gasteiger partial charge is 0.492 e. The molecule has 5 nitrogen and oxygen atoms in total. The summed E-state index contributed by atoms with van der Waals surface area (Å²) in [7, 11) is 1.76. The zero-order chi connectivity index (χ0) is 15.6. The highest BCUT2D eigenvalue weighted by molar-refractivity contribution is 9.10. The maximum atomic E-state index is 5.67. The van der Waals surface area contributed by atoms with Crippen molar-refractivity contribution < 1.29 is 4.74 Å². The number of ether oxygens (including phenoxy) is 1. The van der Waals surface area contributed by atoms with Gasteiger partial charge in [-0.3, -0.25) is 4.99 Å². The second kappa shape index (κ2) is 9.15. The first kappa shape index (κ1) is 16.4. The van der Waals surface area contributed by atoms with Gasteiger partial charge in [-0.25, -0.2) is 0 Å². The summed E-state index contributed by atoms with van der Waals surface area (Å²) in [6.45, 7) is 2.99. The van der Waals surface area contributed by atoms with Crippen LogP contribution in [0.2, 0.25) is 0 Å². The van der Waals surface area contributed by atoms with E-state index in [4.69, 9.17) is 4.74 Å². The Morgan fingerprint density at radius 1 is 1.18 bits per heavy atom. The topological polar surface area (TPSA) is 50.6 Å². The van der Waals surface area contributed by atoms with Crippen molar-refractivity contribution in [3.8, 4) is 5.75 Å². The van der Waals surface area contributed by atoms with Crippen molar-refractivity contribution in [1.29, 1.82) is 0 Å². The summed E-state index contributed by atoms with van der Waals surface area (Å²) < 4.78 is 8.80. The summed E-state index contributed by atoms with van der Waals surface area (Å²) in [4.78, 5) is 4.19. The third-order valence-electron chi connectivity index (χ3n) is 3.01. The molecule has 0 amide bonds. The number of nitrogens with one attached hydrogen (secondary N) is 2. The number of aliphatic imine (C=N–C) groups is 1. The van der Waals surface area contributed by atoms with Crippen molar-refractivity contribution in [2.24, 2.45) is 4.99 Å². The Hall–Kier alpha value is -1.95.